The van der Waals surface area contributed by atoms with Crippen LogP contribution in [-0.2, 0) is 0 Å². The van der Waals surface area contributed by atoms with Crippen LogP contribution >= 0.6 is 0 Å². The topological polar surface area (TPSA) is 65.5 Å². The second kappa shape index (κ2) is 6.70. The molecular formula is C15H23N3O2. The minimum absolute atomic E-state index is 0.240. The fraction of sp³-hybridized carbons (Fsp3) is 0.600. The Hall–Kier alpha value is -1.62. The van der Waals surface area contributed by atoms with Crippen molar-refractivity contribution < 1.29 is 9.90 Å². The van der Waals surface area contributed by atoms with Gasteiger partial charge in [-0.25, -0.2) is 4.79 Å². The van der Waals surface area contributed by atoms with Crippen LogP contribution in [0.15, 0.2) is 12.3 Å². The van der Waals surface area contributed by atoms with Crippen LogP contribution in [0.4, 0.5) is 5.69 Å². The number of carbonyl (C=O) groups is 1. The Morgan fingerprint density at radius 2 is 2.20 bits per heavy atom. The summed E-state index contributed by atoms with van der Waals surface area (Å²) in [5.41, 5.74) is 1.73. The van der Waals surface area contributed by atoms with E-state index >= 15 is 0 Å². The predicted octanol–water partition coefficient (Wildman–Crippen LogP) is 2.23. The van der Waals surface area contributed by atoms with Gasteiger partial charge in [0, 0.05) is 25.0 Å². The number of nitrogens with zero attached hydrogens (tertiary/aromatic N) is 2. The Morgan fingerprint density at radius 3 is 2.85 bits per heavy atom. The maximum Gasteiger partial charge on any atom is 0.339 e. The molecule has 1 aromatic heterocycles. The van der Waals surface area contributed by atoms with Crippen molar-refractivity contribution in [2.24, 2.45) is 5.92 Å². The van der Waals surface area contributed by atoms with Gasteiger partial charge in [-0.15, -0.1) is 0 Å². The molecule has 0 spiro atoms. The molecule has 20 heavy (non-hydrogen) atoms. The molecule has 2 N–H and O–H groups in total. The van der Waals surface area contributed by atoms with Crippen LogP contribution in [0.1, 0.15) is 35.8 Å². The largest absolute Gasteiger partial charge is 0.478 e. The average molecular weight is 277 g/mol. The third-order valence-corrected chi connectivity index (χ3v) is 3.68. The van der Waals surface area contributed by atoms with Crippen LogP contribution in [0.5, 0.6) is 0 Å². The number of carboxylic acids is 1. The Bertz CT molecular complexity index is 470. The molecule has 1 aromatic rings. The Balaban J connectivity index is 1.92. The van der Waals surface area contributed by atoms with Crippen LogP contribution in [0.2, 0.25) is 0 Å². The normalized spacial score (nSPS) is 17.1. The highest BCUT2D eigenvalue weighted by Crippen LogP contribution is 2.17. The smallest absolute Gasteiger partial charge is 0.339 e. The van der Waals surface area contributed by atoms with E-state index in [0.717, 1.165) is 18.8 Å². The number of aromatic nitrogens is 1. The molecule has 1 fully saturated rings. The summed E-state index contributed by atoms with van der Waals surface area (Å²) < 4.78 is 0. The van der Waals surface area contributed by atoms with Crippen molar-refractivity contribution in [3.05, 3.63) is 23.5 Å². The molecule has 0 radical (unpaired) electrons. The van der Waals surface area contributed by atoms with Crippen molar-refractivity contribution in [3.63, 3.8) is 0 Å². The van der Waals surface area contributed by atoms with Gasteiger partial charge in [0.05, 0.1) is 5.69 Å². The molecule has 0 aliphatic carbocycles. The number of rotatable bonds is 6. The molecule has 2 heterocycles. The van der Waals surface area contributed by atoms with Gasteiger partial charge in [0.25, 0.3) is 0 Å². The molecule has 0 saturated carbocycles. The monoisotopic (exact) mass is 277 g/mol. The summed E-state index contributed by atoms with van der Waals surface area (Å²) in [5.74, 6) is -0.449. The lowest BCUT2D eigenvalue weighted by Gasteiger charge is -2.21. The molecule has 0 bridgehead atoms. The fourth-order valence-corrected chi connectivity index (χ4v) is 2.63. The van der Waals surface area contributed by atoms with E-state index in [2.05, 4.69) is 22.1 Å². The Morgan fingerprint density at radius 1 is 1.50 bits per heavy atom. The van der Waals surface area contributed by atoms with Crippen LogP contribution in [-0.4, -0.2) is 47.1 Å². The zero-order valence-electron chi connectivity index (χ0n) is 12.2. The highest BCUT2D eigenvalue weighted by molar-refractivity contribution is 5.93. The lowest BCUT2D eigenvalue weighted by Crippen LogP contribution is -2.29. The standard InChI is InChI=1S/C15H23N3O2/c1-11(10-18-5-3-4-6-18)8-17-14-7-12(2)16-9-13(14)15(19)20/h7,9,11H,3-6,8,10H2,1-2H3,(H,16,17)(H,19,20). The molecule has 1 aliphatic heterocycles. The molecule has 1 aliphatic rings. The molecule has 110 valence electrons. The summed E-state index contributed by atoms with van der Waals surface area (Å²) >= 11 is 0. The van der Waals surface area contributed by atoms with Crippen molar-refractivity contribution in [2.45, 2.75) is 26.7 Å². The molecule has 2 rings (SSSR count). The highest BCUT2D eigenvalue weighted by Gasteiger charge is 2.16. The van der Waals surface area contributed by atoms with Gasteiger partial charge in [0.2, 0.25) is 0 Å². The summed E-state index contributed by atoms with van der Waals surface area (Å²) in [4.78, 5) is 17.7. The van der Waals surface area contributed by atoms with E-state index in [4.69, 9.17) is 5.11 Å². The van der Waals surface area contributed by atoms with Crippen molar-refractivity contribution in [3.8, 4) is 0 Å². The minimum Gasteiger partial charge on any atom is -0.478 e. The molecular weight excluding hydrogens is 254 g/mol. The van der Waals surface area contributed by atoms with Crippen LogP contribution < -0.4 is 5.32 Å². The number of carboxylic acid groups (broad SMARTS) is 1. The van der Waals surface area contributed by atoms with E-state index in [1.54, 1.807) is 6.07 Å². The van der Waals surface area contributed by atoms with Crippen molar-refractivity contribution in [1.29, 1.82) is 0 Å². The summed E-state index contributed by atoms with van der Waals surface area (Å²) in [6.45, 7) is 8.29. The lowest BCUT2D eigenvalue weighted by molar-refractivity contribution is 0.0697. The zero-order chi connectivity index (χ0) is 14.5. The van der Waals surface area contributed by atoms with Crippen molar-refractivity contribution >= 4 is 11.7 Å². The van der Waals surface area contributed by atoms with Gasteiger partial charge in [-0.05, 0) is 44.8 Å². The number of hydrogen-bond acceptors (Lipinski definition) is 4. The second-order valence-electron chi connectivity index (χ2n) is 5.67. The lowest BCUT2D eigenvalue weighted by atomic mass is 10.1. The molecule has 0 aromatic carbocycles. The maximum absolute atomic E-state index is 11.2. The number of anilines is 1. The summed E-state index contributed by atoms with van der Waals surface area (Å²) in [6.07, 6.45) is 4.02. The molecule has 1 atom stereocenters. The van der Waals surface area contributed by atoms with Crippen molar-refractivity contribution in [1.82, 2.24) is 9.88 Å². The first-order valence-electron chi connectivity index (χ1n) is 7.22. The van der Waals surface area contributed by atoms with Crippen LogP contribution in [0.3, 0.4) is 0 Å². The average Bonchev–Trinajstić information content (AvgIpc) is 2.89. The van der Waals surface area contributed by atoms with Gasteiger partial charge >= 0.3 is 5.97 Å². The molecule has 1 saturated heterocycles. The maximum atomic E-state index is 11.2. The third kappa shape index (κ3) is 3.93. The molecule has 5 heteroatoms. The summed E-state index contributed by atoms with van der Waals surface area (Å²) in [6, 6.07) is 1.80. The minimum atomic E-state index is -0.938. The Labute approximate surface area is 120 Å². The zero-order valence-corrected chi connectivity index (χ0v) is 12.2. The SMILES string of the molecule is Cc1cc(NCC(C)CN2CCCC2)c(C(=O)O)cn1. The molecule has 1 unspecified atom stereocenters. The number of hydrogen-bond donors (Lipinski definition) is 2. The quantitative estimate of drug-likeness (QED) is 0.834. The first-order valence-corrected chi connectivity index (χ1v) is 7.22. The first-order chi connectivity index (χ1) is 9.56. The van der Waals surface area contributed by atoms with Gasteiger partial charge in [-0.2, -0.15) is 0 Å². The first kappa shape index (κ1) is 14.8. The summed E-state index contributed by atoms with van der Waals surface area (Å²) in [5, 5.41) is 12.4. The van der Waals surface area contributed by atoms with Crippen LogP contribution in [0.25, 0.3) is 0 Å². The van der Waals surface area contributed by atoms with Gasteiger partial charge in [0.1, 0.15) is 5.56 Å². The number of pyridine rings is 1. The predicted molar refractivity (Wildman–Crippen MR) is 79.3 cm³/mol. The van der Waals surface area contributed by atoms with Gasteiger partial charge in [-0.1, -0.05) is 6.92 Å². The second-order valence-corrected chi connectivity index (χ2v) is 5.67. The van der Waals surface area contributed by atoms with Gasteiger partial charge in [-0.3, -0.25) is 4.98 Å². The Kier molecular flexibility index (Phi) is 4.95. The number of nitrogens with one attached hydrogen (secondary N) is 1. The van der Waals surface area contributed by atoms with Crippen molar-refractivity contribution in [2.75, 3.05) is 31.5 Å². The van der Waals surface area contributed by atoms with Crippen LogP contribution in [0, 0.1) is 12.8 Å². The van der Waals surface area contributed by atoms with E-state index in [9.17, 15) is 4.79 Å². The summed E-state index contributed by atoms with van der Waals surface area (Å²) in [7, 11) is 0. The van der Waals surface area contributed by atoms with Gasteiger partial charge < -0.3 is 15.3 Å². The number of aryl methyl sites for hydroxylation is 1. The fourth-order valence-electron chi connectivity index (χ4n) is 2.63. The van der Waals surface area contributed by atoms with E-state index in [1.165, 1.54) is 32.1 Å². The van der Waals surface area contributed by atoms with E-state index in [0.29, 0.717) is 11.6 Å². The number of likely N-dealkylation sites (tertiary alicyclic amines) is 1. The highest BCUT2D eigenvalue weighted by atomic mass is 16.4. The molecule has 5 nitrogen and oxygen atoms in total. The van der Waals surface area contributed by atoms with E-state index in [-0.39, 0.29) is 5.56 Å². The number of aromatic carboxylic acids is 1. The van der Waals surface area contributed by atoms with E-state index in [1.807, 2.05) is 6.92 Å². The van der Waals surface area contributed by atoms with Gasteiger partial charge in [0.15, 0.2) is 0 Å². The molecule has 0 amide bonds. The third-order valence-electron chi connectivity index (χ3n) is 3.68. The van der Waals surface area contributed by atoms with E-state index < -0.39 is 5.97 Å².